The van der Waals surface area contributed by atoms with Crippen LogP contribution < -0.4 is 10.2 Å². The topological polar surface area (TPSA) is 28.2 Å². The monoisotopic (exact) mass is 295 g/mol. The molecule has 0 fully saturated rings. The molecule has 1 unspecified atom stereocenters. The molecule has 0 bridgehead atoms. The normalized spacial score (nSPS) is 18.4. The van der Waals surface area contributed by atoms with Crippen LogP contribution in [-0.2, 0) is 6.42 Å². The zero-order valence-electron chi connectivity index (χ0n) is 13.4. The highest BCUT2D eigenvalue weighted by Crippen LogP contribution is 2.37. The molecule has 0 saturated heterocycles. The van der Waals surface area contributed by atoms with E-state index in [9.17, 15) is 0 Å². The molecule has 1 heterocycles. The summed E-state index contributed by atoms with van der Waals surface area (Å²) in [5.74, 6) is 0. The van der Waals surface area contributed by atoms with E-state index < -0.39 is 0 Å². The van der Waals surface area contributed by atoms with Crippen molar-refractivity contribution in [3.63, 3.8) is 0 Å². The van der Waals surface area contributed by atoms with Gasteiger partial charge in [-0.3, -0.25) is 0 Å². The zero-order valence-corrected chi connectivity index (χ0v) is 14.2. The van der Waals surface area contributed by atoms with Gasteiger partial charge in [-0.2, -0.15) is 0 Å². The number of rotatable bonds is 7. The highest BCUT2D eigenvalue weighted by molar-refractivity contribution is 7.15. The van der Waals surface area contributed by atoms with E-state index in [2.05, 4.69) is 37.9 Å². The lowest BCUT2D eigenvalue weighted by atomic mass is 9.97. The van der Waals surface area contributed by atoms with Gasteiger partial charge in [0.05, 0.1) is 11.7 Å². The first-order chi connectivity index (χ1) is 9.67. The van der Waals surface area contributed by atoms with Crippen LogP contribution in [0.15, 0.2) is 0 Å². The Morgan fingerprint density at radius 2 is 2.15 bits per heavy atom. The van der Waals surface area contributed by atoms with Crippen molar-refractivity contribution in [2.24, 2.45) is 0 Å². The number of anilines is 1. The molecule has 114 valence electrons. The summed E-state index contributed by atoms with van der Waals surface area (Å²) in [6.45, 7) is 11.2. The molecular weight excluding hydrogens is 266 g/mol. The summed E-state index contributed by atoms with van der Waals surface area (Å²) in [6, 6.07) is 1.02. The quantitative estimate of drug-likeness (QED) is 0.819. The number of aryl methyl sites for hydroxylation is 1. The van der Waals surface area contributed by atoms with Crippen molar-refractivity contribution in [1.82, 2.24) is 10.3 Å². The first-order valence-corrected chi connectivity index (χ1v) is 8.98. The summed E-state index contributed by atoms with van der Waals surface area (Å²) in [5.41, 5.74) is 1.34. The van der Waals surface area contributed by atoms with Crippen molar-refractivity contribution >= 4 is 16.5 Å². The van der Waals surface area contributed by atoms with Crippen LogP contribution in [0, 0.1) is 0 Å². The van der Waals surface area contributed by atoms with Gasteiger partial charge in [0.2, 0.25) is 0 Å². The van der Waals surface area contributed by atoms with E-state index in [1.54, 1.807) is 0 Å². The molecule has 1 aliphatic rings. The van der Waals surface area contributed by atoms with E-state index in [0.717, 1.165) is 13.1 Å². The fourth-order valence-electron chi connectivity index (χ4n) is 2.86. The van der Waals surface area contributed by atoms with Gasteiger partial charge >= 0.3 is 0 Å². The van der Waals surface area contributed by atoms with Crippen LogP contribution in [0.1, 0.15) is 70.0 Å². The highest BCUT2D eigenvalue weighted by Gasteiger charge is 2.26. The van der Waals surface area contributed by atoms with Gasteiger partial charge in [0.15, 0.2) is 5.13 Å². The molecule has 1 aliphatic carbocycles. The van der Waals surface area contributed by atoms with Gasteiger partial charge in [0, 0.05) is 17.5 Å². The SMILES string of the molecule is CCCNC1CCCc2sc(N(CCC)C(C)C)nc21. The van der Waals surface area contributed by atoms with E-state index in [4.69, 9.17) is 4.98 Å². The van der Waals surface area contributed by atoms with Gasteiger partial charge in [0.25, 0.3) is 0 Å². The Labute approximate surface area is 127 Å². The van der Waals surface area contributed by atoms with Gasteiger partial charge in [0.1, 0.15) is 0 Å². The lowest BCUT2D eigenvalue weighted by Crippen LogP contribution is -2.31. The molecule has 0 amide bonds. The fraction of sp³-hybridized carbons (Fsp3) is 0.812. The maximum absolute atomic E-state index is 5.01. The fourth-order valence-corrected chi connectivity index (χ4v) is 4.18. The molecule has 2 rings (SSSR count). The molecule has 0 saturated carbocycles. The lowest BCUT2D eigenvalue weighted by molar-refractivity contribution is 0.454. The summed E-state index contributed by atoms with van der Waals surface area (Å²) in [6.07, 6.45) is 6.13. The Kier molecular flexibility index (Phi) is 5.85. The summed E-state index contributed by atoms with van der Waals surface area (Å²) in [7, 11) is 0. The molecule has 1 atom stereocenters. The van der Waals surface area contributed by atoms with Crippen molar-refractivity contribution in [2.75, 3.05) is 18.0 Å². The molecule has 0 aliphatic heterocycles. The van der Waals surface area contributed by atoms with Crippen LogP contribution in [0.2, 0.25) is 0 Å². The Hall–Kier alpha value is -0.610. The molecule has 0 aromatic carbocycles. The summed E-state index contributed by atoms with van der Waals surface area (Å²) < 4.78 is 0. The van der Waals surface area contributed by atoms with E-state index >= 15 is 0 Å². The third-order valence-electron chi connectivity index (χ3n) is 3.92. The van der Waals surface area contributed by atoms with E-state index in [0.29, 0.717) is 12.1 Å². The van der Waals surface area contributed by atoms with Crippen LogP contribution in [0.3, 0.4) is 0 Å². The number of nitrogens with zero attached hydrogens (tertiary/aromatic N) is 2. The van der Waals surface area contributed by atoms with Crippen molar-refractivity contribution in [2.45, 2.75) is 71.9 Å². The minimum Gasteiger partial charge on any atom is -0.346 e. The number of hydrogen-bond acceptors (Lipinski definition) is 4. The maximum atomic E-state index is 5.01. The van der Waals surface area contributed by atoms with Crippen molar-refractivity contribution in [3.05, 3.63) is 10.6 Å². The molecule has 20 heavy (non-hydrogen) atoms. The second-order valence-electron chi connectivity index (χ2n) is 5.99. The van der Waals surface area contributed by atoms with E-state index in [1.807, 2.05) is 11.3 Å². The van der Waals surface area contributed by atoms with Gasteiger partial charge in [-0.1, -0.05) is 13.8 Å². The average Bonchev–Trinajstić information content (AvgIpc) is 2.86. The summed E-state index contributed by atoms with van der Waals surface area (Å²) in [5, 5.41) is 4.90. The number of nitrogens with one attached hydrogen (secondary N) is 1. The van der Waals surface area contributed by atoms with Crippen molar-refractivity contribution in [3.8, 4) is 0 Å². The predicted octanol–water partition coefficient (Wildman–Crippen LogP) is 4.14. The molecule has 1 N–H and O–H groups in total. The minimum absolute atomic E-state index is 0.485. The van der Waals surface area contributed by atoms with Gasteiger partial charge in [-0.25, -0.2) is 4.98 Å². The van der Waals surface area contributed by atoms with E-state index in [-0.39, 0.29) is 0 Å². The Bertz CT molecular complexity index is 414. The summed E-state index contributed by atoms with van der Waals surface area (Å²) in [4.78, 5) is 8.98. The van der Waals surface area contributed by atoms with Crippen molar-refractivity contribution in [1.29, 1.82) is 0 Å². The predicted molar refractivity (Wildman–Crippen MR) is 88.9 cm³/mol. The van der Waals surface area contributed by atoms with Crippen LogP contribution >= 0.6 is 11.3 Å². The Morgan fingerprint density at radius 1 is 1.35 bits per heavy atom. The van der Waals surface area contributed by atoms with Crippen LogP contribution in [-0.4, -0.2) is 24.1 Å². The molecule has 4 heteroatoms. The summed E-state index contributed by atoms with van der Waals surface area (Å²) >= 11 is 1.92. The van der Waals surface area contributed by atoms with Gasteiger partial charge < -0.3 is 10.2 Å². The smallest absolute Gasteiger partial charge is 0.186 e. The average molecular weight is 295 g/mol. The largest absolute Gasteiger partial charge is 0.346 e. The molecule has 1 aromatic rings. The third-order valence-corrected chi connectivity index (χ3v) is 5.09. The number of aromatic nitrogens is 1. The first kappa shape index (κ1) is 15.8. The van der Waals surface area contributed by atoms with Crippen LogP contribution in [0.4, 0.5) is 5.13 Å². The van der Waals surface area contributed by atoms with E-state index in [1.165, 1.54) is 47.8 Å². The second-order valence-corrected chi connectivity index (χ2v) is 7.05. The second kappa shape index (κ2) is 7.41. The Morgan fingerprint density at radius 3 is 2.80 bits per heavy atom. The number of fused-ring (bicyclic) bond motifs is 1. The lowest BCUT2D eigenvalue weighted by Gasteiger charge is -2.25. The Balaban J connectivity index is 2.19. The van der Waals surface area contributed by atoms with Gasteiger partial charge in [-0.15, -0.1) is 11.3 Å². The van der Waals surface area contributed by atoms with Gasteiger partial charge in [-0.05, 0) is 52.5 Å². The van der Waals surface area contributed by atoms with Crippen molar-refractivity contribution < 1.29 is 0 Å². The molecule has 1 aromatic heterocycles. The highest BCUT2D eigenvalue weighted by atomic mass is 32.1. The van der Waals surface area contributed by atoms with Crippen LogP contribution in [0.5, 0.6) is 0 Å². The standard InChI is InChI=1S/C16H29N3S/c1-5-10-17-13-8-7-9-14-15(13)18-16(20-14)19(11-6-2)12(3)4/h12-13,17H,5-11H2,1-4H3. The minimum atomic E-state index is 0.485. The molecule has 3 nitrogen and oxygen atoms in total. The molecular formula is C16H29N3S. The van der Waals surface area contributed by atoms with Crippen LogP contribution in [0.25, 0.3) is 0 Å². The molecule has 0 radical (unpaired) electrons. The maximum Gasteiger partial charge on any atom is 0.186 e. The zero-order chi connectivity index (χ0) is 14.5. The first-order valence-electron chi connectivity index (χ1n) is 8.17. The third kappa shape index (κ3) is 3.53. The number of hydrogen-bond donors (Lipinski definition) is 1. The molecule has 0 spiro atoms. The number of thiazole rings is 1.